The van der Waals surface area contributed by atoms with Gasteiger partial charge in [-0.2, -0.15) is 0 Å². The van der Waals surface area contributed by atoms with Crippen molar-refractivity contribution in [2.24, 2.45) is 0 Å². The number of rotatable bonds is 1. The molecule has 1 amide bonds. The molecule has 3 N–H and O–H groups in total. The molecule has 6 heteroatoms. The molecule has 0 aromatic heterocycles. The van der Waals surface area contributed by atoms with Crippen LogP contribution in [-0.2, 0) is 4.79 Å². The number of aromatic hydroxyl groups is 2. The molecular formula is C10H7NO3S2. The third kappa shape index (κ3) is 2.17. The molecule has 0 atom stereocenters. The van der Waals surface area contributed by atoms with Gasteiger partial charge in [-0.15, -0.1) is 0 Å². The smallest absolute Gasteiger partial charge is 0.263 e. The maximum Gasteiger partial charge on any atom is 0.263 e. The van der Waals surface area contributed by atoms with Crippen molar-refractivity contribution in [2.75, 3.05) is 0 Å². The van der Waals surface area contributed by atoms with Crippen LogP contribution in [0.2, 0.25) is 0 Å². The number of hydrogen-bond acceptors (Lipinski definition) is 5. The molecule has 0 bridgehead atoms. The van der Waals surface area contributed by atoms with E-state index in [0.717, 1.165) is 0 Å². The van der Waals surface area contributed by atoms with Crippen LogP contribution in [0.1, 0.15) is 5.56 Å². The van der Waals surface area contributed by atoms with Gasteiger partial charge in [0.15, 0.2) is 11.5 Å². The predicted molar refractivity (Wildman–Crippen MR) is 66.1 cm³/mol. The molecule has 1 saturated heterocycles. The van der Waals surface area contributed by atoms with E-state index in [1.165, 1.54) is 23.9 Å². The molecule has 1 fully saturated rings. The van der Waals surface area contributed by atoms with Gasteiger partial charge in [-0.1, -0.05) is 30.0 Å². The third-order valence-electron chi connectivity index (χ3n) is 1.94. The summed E-state index contributed by atoms with van der Waals surface area (Å²) in [6, 6.07) is 4.33. The zero-order valence-electron chi connectivity index (χ0n) is 7.93. The Morgan fingerprint density at radius 3 is 2.62 bits per heavy atom. The number of amides is 1. The lowest BCUT2D eigenvalue weighted by atomic mass is 10.2. The number of phenolic OH excluding ortho intramolecular Hbond substituents is 2. The van der Waals surface area contributed by atoms with E-state index in [2.05, 4.69) is 5.32 Å². The molecule has 1 aliphatic heterocycles. The van der Waals surface area contributed by atoms with E-state index in [-0.39, 0.29) is 17.4 Å². The highest BCUT2D eigenvalue weighted by Crippen LogP contribution is 2.29. The lowest BCUT2D eigenvalue weighted by molar-refractivity contribution is -0.115. The Bertz CT molecular complexity index is 511. The van der Waals surface area contributed by atoms with Crippen LogP contribution in [0.3, 0.4) is 0 Å². The molecule has 0 radical (unpaired) electrons. The molecule has 1 heterocycles. The second-order valence-corrected chi connectivity index (χ2v) is 4.82. The van der Waals surface area contributed by atoms with Crippen LogP contribution >= 0.6 is 24.0 Å². The van der Waals surface area contributed by atoms with Gasteiger partial charge in [0.2, 0.25) is 0 Å². The average Bonchev–Trinajstić information content (AvgIpc) is 2.51. The highest BCUT2D eigenvalue weighted by Gasteiger charge is 2.21. The van der Waals surface area contributed by atoms with Crippen LogP contribution in [0.15, 0.2) is 23.1 Å². The number of thioether (sulfide) groups is 1. The summed E-state index contributed by atoms with van der Waals surface area (Å²) in [5.74, 6) is -0.663. The number of carbonyl (C=O) groups excluding carboxylic acids is 1. The Labute approximate surface area is 101 Å². The van der Waals surface area contributed by atoms with Crippen LogP contribution in [0.4, 0.5) is 0 Å². The minimum absolute atomic E-state index is 0.193. The molecule has 0 saturated carbocycles. The number of benzene rings is 1. The Kier molecular flexibility index (Phi) is 2.84. The molecule has 0 unspecified atom stereocenters. The fourth-order valence-corrected chi connectivity index (χ4v) is 2.25. The SMILES string of the molecule is O=C1NC(=S)SC1=Cc1ccc(O)c(O)c1. The van der Waals surface area contributed by atoms with Gasteiger partial charge in [0, 0.05) is 0 Å². The van der Waals surface area contributed by atoms with E-state index >= 15 is 0 Å². The fraction of sp³-hybridized carbons (Fsp3) is 0. The minimum atomic E-state index is -0.248. The molecular weight excluding hydrogens is 246 g/mol. The van der Waals surface area contributed by atoms with Crippen molar-refractivity contribution in [1.29, 1.82) is 0 Å². The highest BCUT2D eigenvalue weighted by molar-refractivity contribution is 8.26. The second kappa shape index (κ2) is 4.15. The van der Waals surface area contributed by atoms with Crippen molar-refractivity contribution in [2.45, 2.75) is 0 Å². The summed E-state index contributed by atoms with van der Waals surface area (Å²) in [6.07, 6.45) is 1.60. The first-order chi connectivity index (χ1) is 7.56. The molecule has 2 rings (SSSR count). The average molecular weight is 253 g/mol. The van der Waals surface area contributed by atoms with E-state index in [0.29, 0.717) is 14.8 Å². The van der Waals surface area contributed by atoms with E-state index in [1.54, 1.807) is 12.1 Å². The topological polar surface area (TPSA) is 69.6 Å². The van der Waals surface area contributed by atoms with Gasteiger partial charge < -0.3 is 15.5 Å². The van der Waals surface area contributed by atoms with Gasteiger partial charge in [-0.25, -0.2) is 0 Å². The van der Waals surface area contributed by atoms with Gasteiger partial charge in [-0.3, -0.25) is 4.79 Å². The lowest BCUT2D eigenvalue weighted by Gasteiger charge is -1.99. The Morgan fingerprint density at radius 1 is 1.31 bits per heavy atom. The summed E-state index contributed by atoms with van der Waals surface area (Å²) in [5, 5.41) is 20.9. The summed E-state index contributed by atoms with van der Waals surface area (Å²) in [4.78, 5) is 11.8. The van der Waals surface area contributed by atoms with Crippen LogP contribution < -0.4 is 5.32 Å². The maximum absolute atomic E-state index is 11.3. The molecule has 1 aromatic rings. The zero-order chi connectivity index (χ0) is 11.7. The molecule has 1 aliphatic rings. The summed E-state index contributed by atoms with van der Waals surface area (Å²) >= 11 is 6.00. The normalized spacial score (nSPS) is 17.9. The van der Waals surface area contributed by atoms with Gasteiger partial charge in [-0.05, 0) is 23.8 Å². The molecule has 0 spiro atoms. The first kappa shape index (κ1) is 11.0. The van der Waals surface area contributed by atoms with E-state index in [4.69, 9.17) is 17.3 Å². The number of hydrogen-bond donors (Lipinski definition) is 3. The summed E-state index contributed by atoms with van der Waals surface area (Å²) in [6.45, 7) is 0. The predicted octanol–water partition coefficient (Wildman–Crippen LogP) is 1.59. The van der Waals surface area contributed by atoms with Gasteiger partial charge in [0.25, 0.3) is 5.91 Å². The fourth-order valence-electron chi connectivity index (χ4n) is 1.20. The van der Waals surface area contributed by atoms with Crippen LogP contribution in [0.5, 0.6) is 11.5 Å². The van der Waals surface area contributed by atoms with Gasteiger partial charge in [0.1, 0.15) is 4.32 Å². The summed E-state index contributed by atoms with van der Waals surface area (Å²) in [5.41, 5.74) is 0.623. The van der Waals surface area contributed by atoms with E-state index < -0.39 is 0 Å². The number of nitrogens with one attached hydrogen (secondary N) is 1. The third-order valence-corrected chi connectivity index (χ3v) is 3.10. The highest BCUT2D eigenvalue weighted by atomic mass is 32.2. The Balaban J connectivity index is 2.32. The van der Waals surface area contributed by atoms with Gasteiger partial charge >= 0.3 is 0 Å². The van der Waals surface area contributed by atoms with Crippen molar-refractivity contribution in [3.8, 4) is 11.5 Å². The molecule has 1 aromatic carbocycles. The molecule has 4 nitrogen and oxygen atoms in total. The second-order valence-electron chi connectivity index (χ2n) is 3.10. The zero-order valence-corrected chi connectivity index (χ0v) is 9.56. The van der Waals surface area contributed by atoms with Crippen molar-refractivity contribution in [1.82, 2.24) is 5.32 Å². The quantitative estimate of drug-likeness (QED) is 0.403. The number of thiocarbonyl (C=S) groups is 1. The maximum atomic E-state index is 11.3. The molecule has 16 heavy (non-hydrogen) atoms. The lowest BCUT2D eigenvalue weighted by Crippen LogP contribution is -2.17. The Hall–Kier alpha value is -1.53. The van der Waals surface area contributed by atoms with Gasteiger partial charge in [0.05, 0.1) is 4.91 Å². The molecule has 82 valence electrons. The van der Waals surface area contributed by atoms with Crippen molar-refractivity contribution in [3.63, 3.8) is 0 Å². The number of carbonyl (C=O) groups is 1. The van der Waals surface area contributed by atoms with Crippen LogP contribution in [0, 0.1) is 0 Å². The largest absolute Gasteiger partial charge is 0.504 e. The van der Waals surface area contributed by atoms with Crippen molar-refractivity contribution < 1.29 is 15.0 Å². The van der Waals surface area contributed by atoms with Crippen molar-refractivity contribution in [3.05, 3.63) is 28.7 Å². The summed E-state index contributed by atoms with van der Waals surface area (Å²) in [7, 11) is 0. The van der Waals surface area contributed by atoms with Crippen LogP contribution in [-0.4, -0.2) is 20.4 Å². The van der Waals surface area contributed by atoms with E-state index in [9.17, 15) is 9.90 Å². The number of phenols is 2. The first-order valence-corrected chi connectivity index (χ1v) is 5.55. The van der Waals surface area contributed by atoms with Crippen molar-refractivity contribution >= 4 is 40.3 Å². The van der Waals surface area contributed by atoms with Crippen LogP contribution in [0.25, 0.3) is 6.08 Å². The monoisotopic (exact) mass is 253 g/mol. The van der Waals surface area contributed by atoms with E-state index in [1.807, 2.05) is 0 Å². The Morgan fingerprint density at radius 2 is 2.06 bits per heavy atom. The minimum Gasteiger partial charge on any atom is -0.504 e. The first-order valence-electron chi connectivity index (χ1n) is 4.33. The standard InChI is InChI=1S/C10H7NO3S2/c12-6-2-1-5(3-7(6)13)4-8-9(14)11-10(15)16-8/h1-4,12-13H,(H,11,14,15). The summed E-state index contributed by atoms with van der Waals surface area (Å²) < 4.78 is 0.416. The molecule has 0 aliphatic carbocycles.